The number of benzene rings is 1. The molecule has 1 unspecified atom stereocenters. The second-order valence-electron chi connectivity index (χ2n) is 3.04. The van der Waals surface area contributed by atoms with Gasteiger partial charge in [-0.1, -0.05) is 12.1 Å². The molecule has 0 heterocycles. The van der Waals surface area contributed by atoms with Gasteiger partial charge in [0.2, 0.25) is 0 Å². The molecule has 1 nitrogen and oxygen atoms in total. The second kappa shape index (κ2) is 4.63. The largest absolute Gasteiger partial charge is 0.388 e. The Morgan fingerprint density at radius 3 is 2.77 bits per heavy atom. The summed E-state index contributed by atoms with van der Waals surface area (Å²) in [7, 11) is 0. The molecule has 3 heteroatoms. The van der Waals surface area contributed by atoms with Crippen LogP contribution < -0.4 is 0 Å². The standard InChI is InChI=1S/C10H13FOS/c1-7-6-8(2-3-9(7)11)10(12)4-5-13/h2-3,6,10,12-13H,4-5H2,1H3. The second-order valence-corrected chi connectivity index (χ2v) is 3.48. The maximum Gasteiger partial charge on any atom is 0.126 e. The van der Waals surface area contributed by atoms with E-state index in [1.807, 2.05) is 0 Å². The lowest BCUT2D eigenvalue weighted by atomic mass is 10.0. The summed E-state index contributed by atoms with van der Waals surface area (Å²) in [5, 5.41) is 9.56. The Morgan fingerprint density at radius 1 is 1.54 bits per heavy atom. The summed E-state index contributed by atoms with van der Waals surface area (Å²) in [4.78, 5) is 0. The van der Waals surface area contributed by atoms with Crippen LogP contribution in [0.5, 0.6) is 0 Å². The zero-order valence-electron chi connectivity index (χ0n) is 7.50. The molecule has 0 aliphatic heterocycles. The van der Waals surface area contributed by atoms with Gasteiger partial charge in [-0.05, 0) is 36.3 Å². The lowest BCUT2D eigenvalue weighted by Gasteiger charge is -2.10. The minimum atomic E-state index is -0.531. The van der Waals surface area contributed by atoms with Gasteiger partial charge in [-0.3, -0.25) is 0 Å². The minimum Gasteiger partial charge on any atom is -0.388 e. The van der Waals surface area contributed by atoms with Gasteiger partial charge in [0.1, 0.15) is 5.82 Å². The predicted molar refractivity (Wildman–Crippen MR) is 54.6 cm³/mol. The molecular weight excluding hydrogens is 187 g/mol. The summed E-state index contributed by atoms with van der Waals surface area (Å²) in [6.07, 6.45) is 0.0607. The molecule has 0 aliphatic rings. The molecule has 0 aromatic heterocycles. The van der Waals surface area contributed by atoms with Crippen LogP contribution in [0.4, 0.5) is 4.39 Å². The van der Waals surface area contributed by atoms with Crippen molar-refractivity contribution in [2.75, 3.05) is 5.75 Å². The molecule has 0 saturated carbocycles. The molecule has 1 atom stereocenters. The lowest BCUT2D eigenvalue weighted by molar-refractivity contribution is 0.175. The van der Waals surface area contributed by atoms with E-state index in [1.165, 1.54) is 6.07 Å². The molecule has 1 rings (SSSR count). The lowest BCUT2D eigenvalue weighted by Crippen LogP contribution is -1.99. The first-order valence-corrected chi connectivity index (χ1v) is 4.83. The van der Waals surface area contributed by atoms with E-state index in [9.17, 15) is 9.50 Å². The summed E-state index contributed by atoms with van der Waals surface area (Å²) in [6.45, 7) is 1.69. The molecule has 1 aromatic rings. The van der Waals surface area contributed by atoms with Gasteiger partial charge in [0.25, 0.3) is 0 Å². The number of aryl methyl sites for hydroxylation is 1. The summed E-state index contributed by atoms with van der Waals surface area (Å²) < 4.78 is 12.9. The highest BCUT2D eigenvalue weighted by molar-refractivity contribution is 7.80. The van der Waals surface area contributed by atoms with Gasteiger partial charge in [-0.2, -0.15) is 12.6 Å². The fourth-order valence-electron chi connectivity index (χ4n) is 1.16. The molecule has 0 radical (unpaired) electrons. The van der Waals surface area contributed by atoms with E-state index >= 15 is 0 Å². The molecule has 0 aliphatic carbocycles. The number of halogens is 1. The van der Waals surface area contributed by atoms with Crippen LogP contribution in [0, 0.1) is 12.7 Å². The van der Waals surface area contributed by atoms with E-state index in [4.69, 9.17) is 0 Å². The smallest absolute Gasteiger partial charge is 0.126 e. The number of thiol groups is 1. The van der Waals surface area contributed by atoms with E-state index in [0.29, 0.717) is 17.7 Å². The van der Waals surface area contributed by atoms with E-state index in [2.05, 4.69) is 12.6 Å². The average Bonchev–Trinajstić information content (AvgIpc) is 2.10. The van der Waals surface area contributed by atoms with Crippen molar-refractivity contribution < 1.29 is 9.50 Å². The van der Waals surface area contributed by atoms with Crippen molar-refractivity contribution >= 4 is 12.6 Å². The zero-order valence-corrected chi connectivity index (χ0v) is 8.39. The van der Waals surface area contributed by atoms with E-state index in [-0.39, 0.29) is 5.82 Å². The third-order valence-electron chi connectivity index (χ3n) is 1.97. The van der Waals surface area contributed by atoms with E-state index in [0.717, 1.165) is 5.56 Å². The molecule has 1 aromatic carbocycles. The van der Waals surface area contributed by atoms with Crippen LogP contribution in [0.25, 0.3) is 0 Å². The van der Waals surface area contributed by atoms with Gasteiger partial charge < -0.3 is 5.11 Å². The topological polar surface area (TPSA) is 20.2 Å². The Bertz CT molecular complexity index is 288. The quantitative estimate of drug-likeness (QED) is 0.718. The first-order chi connectivity index (χ1) is 6.15. The van der Waals surface area contributed by atoms with Crippen molar-refractivity contribution in [2.24, 2.45) is 0 Å². The van der Waals surface area contributed by atoms with Crippen molar-refractivity contribution in [1.82, 2.24) is 0 Å². The fraction of sp³-hybridized carbons (Fsp3) is 0.400. The van der Waals surface area contributed by atoms with Gasteiger partial charge in [0.15, 0.2) is 0 Å². The third kappa shape index (κ3) is 2.71. The molecule has 1 N–H and O–H groups in total. The molecular formula is C10H13FOS. The highest BCUT2D eigenvalue weighted by Gasteiger charge is 2.07. The normalized spacial score (nSPS) is 12.9. The fourth-order valence-corrected chi connectivity index (χ4v) is 1.41. The van der Waals surface area contributed by atoms with Crippen molar-refractivity contribution in [3.63, 3.8) is 0 Å². The first-order valence-electron chi connectivity index (χ1n) is 4.20. The van der Waals surface area contributed by atoms with Gasteiger partial charge in [-0.25, -0.2) is 4.39 Å². The Morgan fingerprint density at radius 2 is 2.23 bits per heavy atom. The highest BCUT2D eigenvalue weighted by atomic mass is 32.1. The summed E-state index contributed by atoms with van der Waals surface area (Å²) >= 11 is 4.02. The summed E-state index contributed by atoms with van der Waals surface area (Å²) in [5.74, 6) is 0.388. The van der Waals surface area contributed by atoms with Crippen molar-refractivity contribution in [3.05, 3.63) is 35.1 Å². The predicted octanol–water partition coefficient (Wildman–Crippen LogP) is 2.49. The molecule has 13 heavy (non-hydrogen) atoms. The van der Waals surface area contributed by atoms with Gasteiger partial charge in [-0.15, -0.1) is 0 Å². The number of hydrogen-bond donors (Lipinski definition) is 2. The Labute approximate surface area is 83.0 Å². The van der Waals surface area contributed by atoms with Gasteiger partial charge in [0, 0.05) is 0 Å². The van der Waals surface area contributed by atoms with Gasteiger partial charge >= 0.3 is 0 Å². The zero-order chi connectivity index (χ0) is 9.84. The number of aliphatic hydroxyl groups is 1. The molecule has 72 valence electrons. The van der Waals surface area contributed by atoms with Gasteiger partial charge in [0.05, 0.1) is 6.10 Å². The van der Waals surface area contributed by atoms with E-state index < -0.39 is 6.10 Å². The molecule has 0 amide bonds. The van der Waals surface area contributed by atoms with Crippen LogP contribution in [0.3, 0.4) is 0 Å². The molecule has 0 fully saturated rings. The summed E-state index contributed by atoms with van der Waals surface area (Å²) in [5.41, 5.74) is 1.32. The number of aliphatic hydroxyl groups excluding tert-OH is 1. The Hall–Kier alpha value is -0.540. The van der Waals surface area contributed by atoms with Crippen LogP contribution in [-0.4, -0.2) is 10.9 Å². The van der Waals surface area contributed by atoms with Crippen molar-refractivity contribution in [3.8, 4) is 0 Å². The number of rotatable bonds is 3. The Kier molecular flexibility index (Phi) is 3.75. The van der Waals surface area contributed by atoms with Crippen molar-refractivity contribution in [2.45, 2.75) is 19.4 Å². The average molecular weight is 200 g/mol. The van der Waals surface area contributed by atoms with Crippen LogP contribution in [0.1, 0.15) is 23.7 Å². The van der Waals surface area contributed by atoms with Crippen molar-refractivity contribution in [1.29, 1.82) is 0 Å². The van der Waals surface area contributed by atoms with Crippen LogP contribution in [-0.2, 0) is 0 Å². The minimum absolute atomic E-state index is 0.234. The van der Waals surface area contributed by atoms with Crippen LogP contribution in [0.15, 0.2) is 18.2 Å². The first kappa shape index (κ1) is 10.5. The molecule has 0 spiro atoms. The van der Waals surface area contributed by atoms with Crippen LogP contribution >= 0.6 is 12.6 Å². The Balaban J connectivity index is 2.84. The number of hydrogen-bond acceptors (Lipinski definition) is 2. The SMILES string of the molecule is Cc1cc(C(O)CCS)ccc1F. The van der Waals surface area contributed by atoms with Crippen LogP contribution in [0.2, 0.25) is 0 Å². The third-order valence-corrected chi connectivity index (χ3v) is 2.23. The monoisotopic (exact) mass is 200 g/mol. The summed E-state index contributed by atoms with van der Waals surface area (Å²) in [6, 6.07) is 4.66. The molecule has 0 saturated heterocycles. The van der Waals surface area contributed by atoms with E-state index in [1.54, 1.807) is 19.1 Å². The maximum atomic E-state index is 12.9. The highest BCUT2D eigenvalue weighted by Crippen LogP contribution is 2.19. The molecule has 0 bridgehead atoms. The maximum absolute atomic E-state index is 12.9.